The van der Waals surface area contributed by atoms with Crippen LogP contribution in [0.1, 0.15) is 18.1 Å². The monoisotopic (exact) mass is 443 g/mol. The molecule has 2 heterocycles. The number of benzene rings is 3. The first-order chi connectivity index (χ1) is 15.6. The van der Waals surface area contributed by atoms with E-state index in [-0.39, 0.29) is 17.0 Å². The number of nitrogens with zero attached hydrogens (tertiary/aromatic N) is 3. The highest BCUT2D eigenvalue weighted by Gasteiger charge is 2.26. The number of hydrogen-bond donors (Lipinski definition) is 0. The van der Waals surface area contributed by atoms with E-state index in [4.69, 9.17) is 0 Å². The molecule has 0 saturated carbocycles. The van der Waals surface area contributed by atoms with Gasteiger partial charge in [0.05, 0.1) is 5.25 Å². The number of rotatable bonds is 4. The molecule has 0 saturated heterocycles. The van der Waals surface area contributed by atoms with Crippen LogP contribution < -0.4 is 0 Å². The minimum Gasteiger partial charge on any atom is -0.337 e. The number of thioether (sulfide) groups is 1. The van der Waals surface area contributed by atoms with E-state index in [1.165, 1.54) is 35.0 Å². The summed E-state index contributed by atoms with van der Waals surface area (Å²) in [6.45, 7) is 3.31. The maximum absolute atomic E-state index is 13.4. The molecule has 0 radical (unpaired) electrons. The smallest absolute Gasteiger partial charge is 0.236 e. The Labute approximate surface area is 190 Å². The Morgan fingerprint density at radius 3 is 2.41 bits per heavy atom. The average molecular weight is 444 g/mol. The fourth-order valence-electron chi connectivity index (χ4n) is 4.15. The molecule has 1 amide bonds. The summed E-state index contributed by atoms with van der Waals surface area (Å²) >= 11 is 1.44. The van der Waals surface area contributed by atoms with Crippen molar-refractivity contribution in [3.8, 4) is 11.3 Å². The summed E-state index contributed by atoms with van der Waals surface area (Å²) < 4.78 is 13.4. The second kappa shape index (κ2) is 8.71. The van der Waals surface area contributed by atoms with Crippen LogP contribution in [0.3, 0.4) is 0 Å². The Kier molecular flexibility index (Phi) is 5.62. The van der Waals surface area contributed by atoms with Gasteiger partial charge in [0.1, 0.15) is 16.5 Å². The molecule has 0 N–H and O–H groups in total. The van der Waals surface area contributed by atoms with Gasteiger partial charge in [-0.1, -0.05) is 60.3 Å². The third kappa shape index (κ3) is 3.98. The highest BCUT2D eigenvalue weighted by Crippen LogP contribution is 2.34. The van der Waals surface area contributed by atoms with E-state index in [2.05, 4.69) is 22.3 Å². The van der Waals surface area contributed by atoms with Gasteiger partial charge in [-0.25, -0.2) is 4.39 Å². The number of carbonyl (C=O) groups excluding carboxylic acids is 1. The number of fused-ring (bicyclic) bond motifs is 2. The van der Waals surface area contributed by atoms with Crippen molar-refractivity contribution in [1.29, 1.82) is 0 Å². The third-order valence-corrected chi connectivity index (χ3v) is 6.93. The minimum absolute atomic E-state index is 0.109. The van der Waals surface area contributed by atoms with E-state index >= 15 is 0 Å². The molecule has 160 valence electrons. The molecule has 1 atom stereocenters. The fourth-order valence-corrected chi connectivity index (χ4v) is 5.12. The minimum atomic E-state index is -0.286. The summed E-state index contributed by atoms with van der Waals surface area (Å²) in [5, 5.41) is 11.2. The van der Waals surface area contributed by atoms with Gasteiger partial charge in [-0.3, -0.25) is 4.79 Å². The lowest BCUT2D eigenvalue weighted by Gasteiger charge is -2.30. The highest BCUT2D eigenvalue weighted by molar-refractivity contribution is 8.00. The lowest BCUT2D eigenvalue weighted by Crippen LogP contribution is -2.40. The Hall–Kier alpha value is -3.25. The molecule has 4 aromatic rings. The van der Waals surface area contributed by atoms with Crippen LogP contribution in [0.15, 0.2) is 77.8 Å². The SMILES string of the molecule is CC(Sc1nnc(-c2ccc(F)cc2)c2ccccc12)C(=O)N1CCc2ccccc2C1. The third-order valence-electron chi connectivity index (χ3n) is 5.85. The zero-order valence-electron chi connectivity index (χ0n) is 17.7. The van der Waals surface area contributed by atoms with E-state index in [1.54, 1.807) is 12.1 Å². The molecule has 4 nitrogen and oxygen atoms in total. The van der Waals surface area contributed by atoms with Gasteiger partial charge in [0, 0.05) is 29.4 Å². The zero-order valence-corrected chi connectivity index (χ0v) is 18.5. The summed E-state index contributed by atoms with van der Waals surface area (Å²) in [6.07, 6.45) is 0.883. The van der Waals surface area contributed by atoms with Crippen molar-refractivity contribution in [3.05, 3.63) is 89.7 Å². The van der Waals surface area contributed by atoms with Crippen LogP contribution in [0, 0.1) is 5.82 Å². The van der Waals surface area contributed by atoms with Gasteiger partial charge in [0.2, 0.25) is 5.91 Å². The van der Waals surface area contributed by atoms with Crippen molar-refractivity contribution in [1.82, 2.24) is 15.1 Å². The molecule has 0 aliphatic carbocycles. The van der Waals surface area contributed by atoms with Crippen LogP contribution >= 0.6 is 11.8 Å². The Balaban J connectivity index is 1.40. The van der Waals surface area contributed by atoms with Gasteiger partial charge in [0.15, 0.2) is 0 Å². The topological polar surface area (TPSA) is 46.1 Å². The molecule has 1 aromatic heterocycles. The lowest BCUT2D eigenvalue weighted by molar-refractivity contribution is -0.131. The Morgan fingerprint density at radius 2 is 1.62 bits per heavy atom. The van der Waals surface area contributed by atoms with Crippen LogP contribution in [-0.2, 0) is 17.8 Å². The Morgan fingerprint density at radius 1 is 0.938 bits per heavy atom. The highest BCUT2D eigenvalue weighted by atomic mass is 32.2. The number of aromatic nitrogens is 2. The normalized spacial score (nSPS) is 14.2. The van der Waals surface area contributed by atoms with Crippen LogP contribution in [0.5, 0.6) is 0 Å². The maximum Gasteiger partial charge on any atom is 0.236 e. The van der Waals surface area contributed by atoms with Crippen molar-refractivity contribution in [2.24, 2.45) is 0 Å². The first-order valence-electron chi connectivity index (χ1n) is 10.6. The van der Waals surface area contributed by atoms with Gasteiger partial charge >= 0.3 is 0 Å². The summed E-state index contributed by atoms with van der Waals surface area (Å²) in [6, 6.07) is 22.5. The lowest BCUT2D eigenvalue weighted by atomic mass is 10.00. The van der Waals surface area contributed by atoms with Gasteiger partial charge in [-0.05, 0) is 48.7 Å². The van der Waals surface area contributed by atoms with Crippen molar-refractivity contribution in [2.45, 2.75) is 30.2 Å². The van der Waals surface area contributed by atoms with E-state index in [0.717, 1.165) is 34.3 Å². The average Bonchev–Trinajstić information content (AvgIpc) is 2.84. The molecular formula is C26H22FN3OS. The molecule has 3 aromatic carbocycles. The number of hydrogen-bond acceptors (Lipinski definition) is 4. The van der Waals surface area contributed by atoms with Crippen molar-refractivity contribution < 1.29 is 9.18 Å². The first kappa shape index (κ1) is 20.6. The van der Waals surface area contributed by atoms with E-state index < -0.39 is 0 Å². The number of amides is 1. The molecule has 5 rings (SSSR count). The van der Waals surface area contributed by atoms with E-state index in [0.29, 0.717) is 12.2 Å². The second-order valence-electron chi connectivity index (χ2n) is 7.94. The molecule has 32 heavy (non-hydrogen) atoms. The van der Waals surface area contributed by atoms with Crippen LogP contribution in [0.4, 0.5) is 4.39 Å². The number of halogens is 1. The van der Waals surface area contributed by atoms with E-state index in [9.17, 15) is 9.18 Å². The molecule has 1 aliphatic rings. The summed E-state index contributed by atoms with van der Waals surface area (Å²) in [4.78, 5) is 15.1. The molecule has 1 unspecified atom stereocenters. The largest absolute Gasteiger partial charge is 0.337 e. The predicted molar refractivity (Wildman–Crippen MR) is 126 cm³/mol. The van der Waals surface area contributed by atoms with Crippen molar-refractivity contribution in [3.63, 3.8) is 0 Å². The zero-order chi connectivity index (χ0) is 22.1. The van der Waals surface area contributed by atoms with Gasteiger partial charge < -0.3 is 4.90 Å². The molecule has 6 heteroatoms. The van der Waals surface area contributed by atoms with Crippen LogP contribution in [-0.4, -0.2) is 32.8 Å². The van der Waals surface area contributed by atoms with Crippen molar-refractivity contribution in [2.75, 3.05) is 6.54 Å². The second-order valence-corrected chi connectivity index (χ2v) is 9.27. The molecule has 0 fully saturated rings. The summed E-state index contributed by atoms with van der Waals surface area (Å²) in [5.41, 5.74) is 4.06. The van der Waals surface area contributed by atoms with Crippen LogP contribution in [0.2, 0.25) is 0 Å². The summed E-state index contributed by atoms with van der Waals surface area (Å²) in [7, 11) is 0. The van der Waals surface area contributed by atoms with E-state index in [1.807, 2.05) is 48.2 Å². The molecular weight excluding hydrogens is 421 g/mol. The Bertz CT molecular complexity index is 1290. The number of carbonyl (C=O) groups is 1. The van der Waals surface area contributed by atoms with Gasteiger partial charge in [-0.15, -0.1) is 10.2 Å². The first-order valence-corrected chi connectivity index (χ1v) is 11.5. The van der Waals surface area contributed by atoms with Crippen molar-refractivity contribution >= 4 is 28.4 Å². The predicted octanol–water partition coefficient (Wildman–Crippen LogP) is 5.50. The maximum atomic E-state index is 13.4. The molecule has 0 bridgehead atoms. The standard InChI is InChI=1S/C26H22FN3OS/c1-17(26(31)30-15-14-18-6-2-3-7-20(18)16-30)32-25-23-9-5-4-8-22(23)24(28-29-25)19-10-12-21(27)13-11-19/h2-13,17H,14-16H2,1H3. The van der Waals surface area contributed by atoms with Gasteiger partial charge in [-0.2, -0.15) is 0 Å². The fraction of sp³-hybridized carbons (Fsp3) is 0.192. The molecule has 0 spiro atoms. The van der Waals surface area contributed by atoms with Crippen LogP contribution in [0.25, 0.3) is 22.0 Å². The van der Waals surface area contributed by atoms with Gasteiger partial charge in [0.25, 0.3) is 0 Å². The molecule has 1 aliphatic heterocycles. The summed E-state index contributed by atoms with van der Waals surface area (Å²) in [5.74, 6) is -0.177. The quantitative estimate of drug-likeness (QED) is 0.391.